The van der Waals surface area contributed by atoms with Crippen LogP contribution in [-0.4, -0.2) is 37.2 Å². The molecule has 6 heteroatoms. The summed E-state index contributed by atoms with van der Waals surface area (Å²) in [6, 6.07) is 1.61. The lowest BCUT2D eigenvalue weighted by atomic mass is 10.2. The predicted molar refractivity (Wildman–Crippen MR) is 74.6 cm³/mol. The number of amides is 1. The van der Waals surface area contributed by atoms with E-state index in [1.54, 1.807) is 20.2 Å². The first-order valence-corrected chi connectivity index (χ1v) is 6.49. The van der Waals surface area contributed by atoms with Crippen molar-refractivity contribution in [1.29, 1.82) is 0 Å². The van der Waals surface area contributed by atoms with Crippen LogP contribution in [0.5, 0.6) is 0 Å². The van der Waals surface area contributed by atoms with E-state index in [1.807, 2.05) is 13.0 Å². The van der Waals surface area contributed by atoms with Gasteiger partial charge in [-0.2, -0.15) is 0 Å². The average Bonchev–Trinajstić information content (AvgIpc) is 2.32. The van der Waals surface area contributed by atoms with E-state index in [9.17, 15) is 4.79 Å². The van der Waals surface area contributed by atoms with Crippen molar-refractivity contribution >= 4 is 27.7 Å². The number of anilines is 1. The molecule has 0 fully saturated rings. The molecule has 0 saturated heterocycles. The van der Waals surface area contributed by atoms with Crippen LogP contribution < -0.4 is 10.6 Å². The Labute approximate surface area is 115 Å². The van der Waals surface area contributed by atoms with Crippen LogP contribution >= 0.6 is 15.9 Å². The van der Waals surface area contributed by atoms with Gasteiger partial charge in [-0.15, -0.1) is 0 Å². The van der Waals surface area contributed by atoms with Crippen LogP contribution in [0.1, 0.15) is 12.5 Å². The number of aryl methyl sites for hydroxylation is 1. The van der Waals surface area contributed by atoms with E-state index < -0.39 is 0 Å². The molecule has 0 aromatic carbocycles. The Hall–Kier alpha value is -1.14. The minimum absolute atomic E-state index is 0.0730. The highest BCUT2D eigenvalue weighted by molar-refractivity contribution is 9.10. The van der Waals surface area contributed by atoms with Crippen molar-refractivity contribution in [3.05, 3.63) is 22.3 Å². The maximum Gasteiger partial charge on any atom is 0.242 e. The molecule has 1 atom stereocenters. The number of pyridine rings is 1. The molecule has 1 amide bonds. The molecule has 0 aliphatic heterocycles. The summed E-state index contributed by atoms with van der Waals surface area (Å²) in [5.74, 6) is 0.642. The van der Waals surface area contributed by atoms with Crippen LogP contribution in [0.25, 0.3) is 0 Å². The Morgan fingerprint density at radius 1 is 1.61 bits per heavy atom. The molecule has 0 radical (unpaired) electrons. The molecule has 1 aromatic heterocycles. The Morgan fingerprint density at radius 3 is 2.94 bits per heavy atom. The second-order valence-electron chi connectivity index (χ2n) is 3.97. The van der Waals surface area contributed by atoms with Gasteiger partial charge in [0.2, 0.25) is 5.91 Å². The molecule has 0 aliphatic rings. The van der Waals surface area contributed by atoms with E-state index in [4.69, 9.17) is 4.74 Å². The van der Waals surface area contributed by atoms with Crippen LogP contribution in [0.2, 0.25) is 0 Å². The molecule has 0 spiro atoms. The first kappa shape index (κ1) is 14.9. The van der Waals surface area contributed by atoms with Crippen LogP contribution in [0.3, 0.4) is 0 Å². The maximum absolute atomic E-state index is 11.7. The molecule has 5 nitrogen and oxygen atoms in total. The number of ether oxygens (including phenoxy) is 1. The molecule has 1 rings (SSSR count). The van der Waals surface area contributed by atoms with Crippen LogP contribution in [0, 0.1) is 6.92 Å². The topological polar surface area (TPSA) is 63.2 Å². The zero-order valence-electron chi connectivity index (χ0n) is 10.8. The molecular formula is C12H18BrN3O2. The Balaban J connectivity index is 2.53. The van der Waals surface area contributed by atoms with Crippen molar-refractivity contribution < 1.29 is 9.53 Å². The van der Waals surface area contributed by atoms with Gasteiger partial charge in [0.1, 0.15) is 11.9 Å². The maximum atomic E-state index is 11.7. The van der Waals surface area contributed by atoms with E-state index in [1.165, 1.54) is 0 Å². The summed E-state index contributed by atoms with van der Waals surface area (Å²) in [6.07, 6.45) is 1.70. The monoisotopic (exact) mass is 315 g/mol. The number of halogens is 1. The van der Waals surface area contributed by atoms with E-state index >= 15 is 0 Å². The zero-order chi connectivity index (χ0) is 13.5. The number of nitrogens with one attached hydrogen (secondary N) is 2. The second-order valence-corrected chi connectivity index (χ2v) is 4.88. The summed E-state index contributed by atoms with van der Waals surface area (Å²) < 4.78 is 5.79. The molecule has 1 unspecified atom stereocenters. The Kier molecular flexibility index (Phi) is 6.07. The van der Waals surface area contributed by atoms with Gasteiger partial charge in [-0.1, -0.05) is 0 Å². The molecular weight excluding hydrogens is 298 g/mol. The van der Waals surface area contributed by atoms with Crippen molar-refractivity contribution in [2.24, 2.45) is 0 Å². The van der Waals surface area contributed by atoms with E-state index in [0.717, 1.165) is 10.0 Å². The van der Waals surface area contributed by atoms with E-state index in [0.29, 0.717) is 19.0 Å². The van der Waals surface area contributed by atoms with Gasteiger partial charge < -0.3 is 15.4 Å². The molecule has 2 N–H and O–H groups in total. The quantitative estimate of drug-likeness (QED) is 0.785. The number of rotatable bonds is 6. The molecule has 18 heavy (non-hydrogen) atoms. The summed E-state index contributed by atoms with van der Waals surface area (Å²) in [7, 11) is 1.60. The number of aromatic nitrogens is 1. The van der Waals surface area contributed by atoms with Gasteiger partial charge in [0, 0.05) is 24.3 Å². The third kappa shape index (κ3) is 4.62. The molecule has 0 aliphatic carbocycles. The summed E-state index contributed by atoms with van der Waals surface area (Å²) in [4.78, 5) is 16.0. The van der Waals surface area contributed by atoms with Gasteiger partial charge in [0.15, 0.2) is 0 Å². The minimum atomic E-state index is -0.339. The number of hydrogen-bond acceptors (Lipinski definition) is 4. The lowest BCUT2D eigenvalue weighted by Gasteiger charge is -2.16. The van der Waals surface area contributed by atoms with Crippen molar-refractivity contribution in [1.82, 2.24) is 10.3 Å². The lowest BCUT2D eigenvalue weighted by molar-refractivity contribution is -0.121. The second kappa shape index (κ2) is 7.33. The number of carbonyl (C=O) groups is 1. The smallest absolute Gasteiger partial charge is 0.242 e. The first-order chi connectivity index (χ1) is 8.54. The van der Waals surface area contributed by atoms with Gasteiger partial charge in [-0.05, 0) is 41.4 Å². The van der Waals surface area contributed by atoms with Crippen molar-refractivity contribution in [2.75, 3.05) is 25.6 Å². The summed E-state index contributed by atoms with van der Waals surface area (Å²) in [5.41, 5.74) is 0.987. The SMILES string of the molecule is COCCNC(=O)C(C)Nc1ncc(Br)cc1C. The molecule has 1 heterocycles. The highest BCUT2D eigenvalue weighted by Crippen LogP contribution is 2.17. The Bertz CT molecular complexity index is 412. The van der Waals surface area contributed by atoms with Crippen LogP contribution in [-0.2, 0) is 9.53 Å². The van der Waals surface area contributed by atoms with Crippen LogP contribution in [0.15, 0.2) is 16.7 Å². The summed E-state index contributed by atoms with van der Waals surface area (Å²) in [5, 5.41) is 5.85. The minimum Gasteiger partial charge on any atom is -0.383 e. The standard InChI is InChI=1S/C12H18BrN3O2/c1-8-6-10(13)7-15-11(8)16-9(2)12(17)14-4-5-18-3/h6-7,9H,4-5H2,1-3H3,(H,14,17)(H,15,16). The predicted octanol–water partition coefficient (Wildman–Crippen LogP) is 1.72. The largest absolute Gasteiger partial charge is 0.383 e. The number of nitrogens with zero attached hydrogens (tertiary/aromatic N) is 1. The Morgan fingerprint density at radius 2 is 2.33 bits per heavy atom. The van der Waals surface area contributed by atoms with Gasteiger partial charge in [0.25, 0.3) is 0 Å². The third-order valence-electron chi connectivity index (χ3n) is 2.40. The lowest BCUT2D eigenvalue weighted by Crippen LogP contribution is -2.39. The molecule has 100 valence electrons. The van der Waals surface area contributed by atoms with Crippen molar-refractivity contribution in [3.63, 3.8) is 0 Å². The fraction of sp³-hybridized carbons (Fsp3) is 0.500. The van der Waals surface area contributed by atoms with Crippen molar-refractivity contribution in [2.45, 2.75) is 19.9 Å². The third-order valence-corrected chi connectivity index (χ3v) is 2.83. The average molecular weight is 316 g/mol. The number of carbonyl (C=O) groups excluding carboxylic acids is 1. The fourth-order valence-corrected chi connectivity index (χ4v) is 1.84. The normalized spacial score (nSPS) is 12.0. The fourth-order valence-electron chi connectivity index (χ4n) is 1.39. The number of hydrogen-bond donors (Lipinski definition) is 2. The molecule has 0 saturated carbocycles. The first-order valence-electron chi connectivity index (χ1n) is 5.70. The van der Waals surface area contributed by atoms with Gasteiger partial charge >= 0.3 is 0 Å². The van der Waals surface area contributed by atoms with Crippen molar-refractivity contribution in [3.8, 4) is 0 Å². The van der Waals surface area contributed by atoms with E-state index in [2.05, 4.69) is 31.5 Å². The summed E-state index contributed by atoms with van der Waals surface area (Å²) >= 11 is 3.35. The molecule has 0 bridgehead atoms. The van der Waals surface area contributed by atoms with Gasteiger partial charge in [0.05, 0.1) is 6.61 Å². The highest BCUT2D eigenvalue weighted by Gasteiger charge is 2.13. The summed E-state index contributed by atoms with van der Waals surface area (Å²) in [6.45, 7) is 4.75. The molecule has 1 aromatic rings. The van der Waals surface area contributed by atoms with Gasteiger partial charge in [-0.3, -0.25) is 4.79 Å². The number of methoxy groups -OCH3 is 1. The van der Waals surface area contributed by atoms with Crippen LogP contribution in [0.4, 0.5) is 5.82 Å². The van der Waals surface area contributed by atoms with E-state index in [-0.39, 0.29) is 11.9 Å². The van der Waals surface area contributed by atoms with Gasteiger partial charge in [-0.25, -0.2) is 4.98 Å². The zero-order valence-corrected chi connectivity index (χ0v) is 12.4. The highest BCUT2D eigenvalue weighted by atomic mass is 79.9.